The van der Waals surface area contributed by atoms with Gasteiger partial charge >= 0.3 is 12.2 Å². The molecule has 1 saturated carbocycles. The Kier molecular flexibility index (Phi) is 8.95. The van der Waals surface area contributed by atoms with E-state index in [-0.39, 0.29) is 28.0 Å². The Bertz CT molecular complexity index is 1380. The van der Waals surface area contributed by atoms with E-state index in [1.54, 1.807) is 47.6 Å². The number of rotatable bonds is 5. The van der Waals surface area contributed by atoms with Gasteiger partial charge in [0.15, 0.2) is 5.67 Å². The Labute approximate surface area is 252 Å². The van der Waals surface area contributed by atoms with Crippen molar-refractivity contribution in [1.29, 1.82) is 0 Å². The van der Waals surface area contributed by atoms with E-state index in [4.69, 9.17) is 32.7 Å². The Morgan fingerprint density at radius 3 is 2.50 bits per heavy atom. The molecule has 3 aromatic heterocycles. The molecule has 2 atom stereocenters. The summed E-state index contributed by atoms with van der Waals surface area (Å²) in [6.07, 6.45) is 0.687. The summed E-state index contributed by atoms with van der Waals surface area (Å²) in [5, 5.41) is 4.88. The zero-order valence-corrected chi connectivity index (χ0v) is 26.5. The lowest BCUT2D eigenvalue weighted by molar-refractivity contribution is 0.0263. The number of hydrogen-bond acceptors (Lipinski definition) is 7. The maximum Gasteiger partial charge on any atom is 0.415 e. The summed E-state index contributed by atoms with van der Waals surface area (Å²) >= 11 is 15.9. The Morgan fingerprint density at radius 2 is 1.88 bits per heavy atom. The van der Waals surface area contributed by atoms with Gasteiger partial charge in [-0.2, -0.15) is 0 Å². The highest BCUT2D eigenvalue weighted by molar-refractivity contribution is 7.20. The van der Waals surface area contributed by atoms with Gasteiger partial charge in [0.1, 0.15) is 21.9 Å². The van der Waals surface area contributed by atoms with Crippen LogP contribution in [0.4, 0.5) is 19.7 Å². The molecule has 0 aliphatic heterocycles. The summed E-state index contributed by atoms with van der Waals surface area (Å²) in [6, 6.07) is 4.53. The number of nitrogens with zero attached hydrogens (tertiary/aromatic N) is 2. The number of aromatic nitrogens is 1. The molecule has 1 aliphatic carbocycles. The van der Waals surface area contributed by atoms with Crippen LogP contribution in [-0.2, 0) is 21.7 Å². The number of amides is 2. The number of hydrogen-bond donors (Lipinski definition) is 1. The molecule has 1 aliphatic rings. The molecule has 0 saturated heterocycles. The van der Waals surface area contributed by atoms with Crippen LogP contribution in [0.5, 0.6) is 0 Å². The number of anilines is 1. The van der Waals surface area contributed by atoms with E-state index >= 15 is 4.39 Å². The van der Waals surface area contributed by atoms with Crippen molar-refractivity contribution < 1.29 is 23.5 Å². The molecule has 3 aromatic rings. The van der Waals surface area contributed by atoms with Crippen LogP contribution in [0, 0.1) is 0 Å². The van der Waals surface area contributed by atoms with Gasteiger partial charge in [-0.3, -0.25) is 4.90 Å². The van der Waals surface area contributed by atoms with Crippen molar-refractivity contribution in [1.82, 2.24) is 10.3 Å². The minimum atomic E-state index is -1.97. The van der Waals surface area contributed by atoms with Gasteiger partial charge in [-0.1, -0.05) is 35.7 Å². The Hall–Kier alpha value is -2.14. The van der Waals surface area contributed by atoms with E-state index in [0.717, 1.165) is 22.6 Å². The van der Waals surface area contributed by atoms with E-state index in [9.17, 15) is 9.59 Å². The summed E-state index contributed by atoms with van der Waals surface area (Å²) in [4.78, 5) is 33.1. The van der Waals surface area contributed by atoms with Crippen LogP contribution in [0.1, 0.15) is 77.0 Å². The molecular weight excluding hydrogens is 596 g/mol. The van der Waals surface area contributed by atoms with Crippen molar-refractivity contribution in [2.75, 3.05) is 4.90 Å². The van der Waals surface area contributed by atoms with E-state index in [1.807, 2.05) is 17.5 Å². The van der Waals surface area contributed by atoms with Crippen molar-refractivity contribution in [2.45, 2.75) is 96.7 Å². The van der Waals surface area contributed by atoms with Gasteiger partial charge in [0.05, 0.1) is 32.9 Å². The van der Waals surface area contributed by atoms with Crippen molar-refractivity contribution in [3.8, 4) is 0 Å². The number of alkyl carbamates (subject to hydrolysis) is 1. The van der Waals surface area contributed by atoms with E-state index in [0.29, 0.717) is 28.7 Å². The fourth-order valence-electron chi connectivity index (χ4n) is 4.63. The number of thiophene rings is 2. The molecular formula is C28H34Cl2FN3O4S2. The average Bonchev–Trinajstić information content (AvgIpc) is 3.44. The third kappa shape index (κ3) is 7.01. The summed E-state index contributed by atoms with van der Waals surface area (Å²) < 4.78 is 28.7. The van der Waals surface area contributed by atoms with Crippen LogP contribution in [-0.4, -0.2) is 34.4 Å². The highest BCUT2D eigenvalue weighted by atomic mass is 35.5. The number of carbonyl (C=O) groups excluding carboxylic acids is 2. The van der Waals surface area contributed by atoms with E-state index in [1.165, 1.54) is 16.2 Å². The van der Waals surface area contributed by atoms with Crippen LogP contribution >= 0.6 is 45.9 Å². The quantitative estimate of drug-likeness (QED) is 0.284. The molecule has 0 spiro atoms. The zero-order valence-electron chi connectivity index (χ0n) is 23.4. The highest BCUT2D eigenvalue weighted by Gasteiger charge is 2.47. The van der Waals surface area contributed by atoms with Gasteiger partial charge in [-0.25, -0.2) is 19.0 Å². The fraction of sp³-hybridized carbons (Fsp3) is 0.536. The number of nitrogens with one attached hydrogen (secondary N) is 1. The first-order chi connectivity index (χ1) is 18.6. The summed E-state index contributed by atoms with van der Waals surface area (Å²) in [7, 11) is 0. The van der Waals surface area contributed by atoms with E-state index < -0.39 is 35.1 Å². The third-order valence-electron chi connectivity index (χ3n) is 6.24. The second-order valence-electron chi connectivity index (χ2n) is 11.8. The second-order valence-corrected chi connectivity index (χ2v) is 14.7. The summed E-state index contributed by atoms with van der Waals surface area (Å²) in [6.45, 7) is 10.8. The molecule has 40 heavy (non-hydrogen) atoms. The first-order valence-corrected chi connectivity index (χ1v) is 15.5. The van der Waals surface area contributed by atoms with Crippen molar-refractivity contribution >= 4 is 74.0 Å². The molecule has 3 heterocycles. The largest absolute Gasteiger partial charge is 0.444 e. The molecule has 1 N–H and O–H groups in total. The lowest BCUT2D eigenvalue weighted by Gasteiger charge is -2.38. The molecule has 0 unspecified atom stereocenters. The molecule has 12 heteroatoms. The van der Waals surface area contributed by atoms with Crippen molar-refractivity contribution in [3.05, 3.63) is 43.5 Å². The van der Waals surface area contributed by atoms with Crippen molar-refractivity contribution in [2.24, 2.45) is 0 Å². The maximum absolute atomic E-state index is 17.1. The minimum absolute atomic E-state index is 0.105. The second kappa shape index (κ2) is 11.6. The van der Waals surface area contributed by atoms with Crippen LogP contribution in [0.25, 0.3) is 10.2 Å². The Morgan fingerprint density at radius 1 is 1.18 bits per heavy atom. The number of alkyl halides is 1. The normalized spacial score (nSPS) is 19.9. The van der Waals surface area contributed by atoms with Gasteiger partial charge in [0.2, 0.25) is 0 Å². The molecule has 0 radical (unpaired) electrons. The third-order valence-corrected chi connectivity index (χ3v) is 9.13. The van der Waals surface area contributed by atoms with Gasteiger partial charge in [0.25, 0.3) is 0 Å². The standard InChI is InChI=1S/C28H34Cl2FN3O4S2/c1-26(2,3)37-24(35)32-18-11-7-8-12-28(18,31)23-20(30)21-22(40-23)17(14-19(29)33-21)34(15-16-10-9-13-39-16)25(36)38-27(4,5)6/h9-10,13-14,18H,7-8,11-12,15H2,1-6H3,(H,32,35)/t18-,28+/m0/s1. The predicted molar refractivity (Wildman–Crippen MR) is 161 cm³/mol. The van der Waals surface area contributed by atoms with Gasteiger partial charge < -0.3 is 14.8 Å². The van der Waals surface area contributed by atoms with Crippen molar-refractivity contribution in [3.63, 3.8) is 0 Å². The van der Waals surface area contributed by atoms with Gasteiger partial charge in [0, 0.05) is 10.9 Å². The lowest BCUT2D eigenvalue weighted by Crippen LogP contribution is -2.51. The van der Waals surface area contributed by atoms with Gasteiger partial charge in [-0.05, 0) is 72.3 Å². The number of ether oxygens (including phenoxy) is 2. The molecule has 0 bridgehead atoms. The molecule has 7 nitrogen and oxygen atoms in total. The van der Waals surface area contributed by atoms with Crippen LogP contribution in [0.15, 0.2) is 23.6 Å². The van der Waals surface area contributed by atoms with Crippen LogP contribution in [0.3, 0.4) is 0 Å². The average molecular weight is 631 g/mol. The Balaban J connectivity index is 1.81. The summed E-state index contributed by atoms with van der Waals surface area (Å²) in [5.74, 6) is 0. The number of halogens is 3. The first-order valence-electron chi connectivity index (χ1n) is 13.1. The van der Waals surface area contributed by atoms with Crippen LogP contribution in [0.2, 0.25) is 10.2 Å². The molecule has 0 aromatic carbocycles. The number of pyridine rings is 1. The van der Waals surface area contributed by atoms with Gasteiger partial charge in [-0.15, -0.1) is 22.7 Å². The minimum Gasteiger partial charge on any atom is -0.444 e. The SMILES string of the molecule is CC(C)(C)OC(=O)N[C@H]1CCCC[C@]1(F)c1sc2c(N(Cc3cccs3)C(=O)OC(C)(C)C)cc(Cl)nc2c1Cl. The molecule has 218 valence electrons. The monoisotopic (exact) mass is 629 g/mol. The lowest BCUT2D eigenvalue weighted by atomic mass is 9.80. The number of fused-ring (bicyclic) bond motifs is 1. The molecule has 2 amide bonds. The molecule has 4 rings (SSSR count). The van der Waals surface area contributed by atoms with Crippen LogP contribution < -0.4 is 10.2 Å². The maximum atomic E-state index is 17.1. The topological polar surface area (TPSA) is 80.8 Å². The fourth-order valence-corrected chi connectivity index (χ4v) is 7.30. The predicted octanol–water partition coefficient (Wildman–Crippen LogP) is 9.24. The first kappa shape index (κ1) is 30.8. The van der Waals surface area contributed by atoms with E-state index in [2.05, 4.69) is 10.3 Å². The number of carbonyl (C=O) groups is 2. The summed E-state index contributed by atoms with van der Waals surface area (Å²) in [5.41, 5.74) is -2.72. The molecule has 1 fully saturated rings. The smallest absolute Gasteiger partial charge is 0.415 e. The zero-order chi connectivity index (χ0) is 29.5. The highest BCUT2D eigenvalue weighted by Crippen LogP contribution is 2.51.